The second-order valence-electron chi connectivity index (χ2n) is 4.57. The molecule has 0 spiro atoms. The molecule has 1 fully saturated rings. The largest absolute Gasteiger partial charge is 0.489 e. The number of ether oxygens (including phenoxy) is 3. The fourth-order valence-electron chi connectivity index (χ4n) is 1.93. The Bertz CT molecular complexity index is 674. The summed E-state index contributed by atoms with van der Waals surface area (Å²) in [6.07, 6.45) is 2.72. The van der Waals surface area contributed by atoms with Crippen molar-refractivity contribution in [3.63, 3.8) is 0 Å². The van der Waals surface area contributed by atoms with Gasteiger partial charge in [-0.25, -0.2) is 14.4 Å². The number of carbonyl (C=O) groups is 3. The Balaban J connectivity index is 2.02. The third-order valence-corrected chi connectivity index (χ3v) is 2.98. The molecule has 114 valence electrons. The van der Waals surface area contributed by atoms with Crippen LogP contribution in [-0.4, -0.2) is 37.1 Å². The summed E-state index contributed by atoms with van der Waals surface area (Å²) in [5.41, 5.74) is 0.217. The highest BCUT2D eigenvalue weighted by atomic mass is 16.6. The van der Waals surface area contributed by atoms with Crippen LogP contribution in [0.5, 0.6) is 0 Å². The Labute approximate surface area is 125 Å². The van der Waals surface area contributed by atoms with Crippen LogP contribution in [0.4, 0.5) is 0 Å². The SMILES string of the molecule is C=C(C)C(=O)OCCOC1=CC=C2C(=O)OC(=O)C2C1=C=O. The predicted molar refractivity (Wildman–Crippen MR) is 71.7 cm³/mol. The number of hydrogen-bond acceptors (Lipinski definition) is 7. The van der Waals surface area contributed by atoms with E-state index in [4.69, 9.17) is 9.47 Å². The molecule has 1 aliphatic heterocycles. The second kappa shape index (κ2) is 6.24. The van der Waals surface area contributed by atoms with Crippen molar-refractivity contribution in [1.29, 1.82) is 0 Å². The van der Waals surface area contributed by atoms with Gasteiger partial charge in [0.1, 0.15) is 30.8 Å². The lowest BCUT2D eigenvalue weighted by molar-refractivity contribution is -0.152. The van der Waals surface area contributed by atoms with E-state index in [1.54, 1.807) is 5.94 Å². The van der Waals surface area contributed by atoms with E-state index in [0.717, 1.165) is 0 Å². The van der Waals surface area contributed by atoms with Crippen LogP contribution in [0.3, 0.4) is 0 Å². The first-order chi connectivity index (χ1) is 10.5. The fraction of sp³-hybridized carbons (Fsp3) is 0.267. The van der Waals surface area contributed by atoms with Crippen LogP contribution < -0.4 is 0 Å². The molecular formula is C15H12O7. The van der Waals surface area contributed by atoms with Gasteiger partial charge in [-0.1, -0.05) is 6.58 Å². The standard InChI is InChI=1S/C15H12O7/c1-8(2)13(17)21-6-5-20-11-4-3-9-12(10(11)7-16)15(19)22-14(9)18/h3-4,12H,1,5-6H2,2H3. The number of rotatable bonds is 5. The second-order valence-corrected chi connectivity index (χ2v) is 4.57. The van der Waals surface area contributed by atoms with Crippen LogP contribution in [0, 0.1) is 5.92 Å². The van der Waals surface area contributed by atoms with E-state index in [0.29, 0.717) is 0 Å². The van der Waals surface area contributed by atoms with Crippen molar-refractivity contribution in [3.8, 4) is 0 Å². The van der Waals surface area contributed by atoms with Gasteiger partial charge in [0.05, 0.1) is 11.1 Å². The van der Waals surface area contributed by atoms with Gasteiger partial charge in [-0.2, -0.15) is 0 Å². The number of allylic oxidation sites excluding steroid dienone is 3. The van der Waals surface area contributed by atoms with Gasteiger partial charge in [-0.15, -0.1) is 0 Å². The molecule has 7 heteroatoms. The third-order valence-electron chi connectivity index (χ3n) is 2.98. The molecule has 1 heterocycles. The van der Waals surface area contributed by atoms with Gasteiger partial charge in [-0.05, 0) is 19.1 Å². The van der Waals surface area contributed by atoms with Gasteiger partial charge in [0.2, 0.25) is 0 Å². The van der Waals surface area contributed by atoms with Crippen molar-refractivity contribution in [2.24, 2.45) is 5.92 Å². The lowest BCUT2D eigenvalue weighted by atomic mass is 9.88. The summed E-state index contributed by atoms with van der Waals surface area (Å²) < 4.78 is 14.6. The number of cyclic esters (lactones) is 2. The minimum atomic E-state index is -1.11. The zero-order valence-electron chi connectivity index (χ0n) is 11.7. The smallest absolute Gasteiger partial charge is 0.342 e. The molecule has 1 saturated heterocycles. The summed E-state index contributed by atoms with van der Waals surface area (Å²) in [6, 6.07) is 0. The number of esters is 3. The molecule has 0 radical (unpaired) electrons. The molecule has 0 saturated carbocycles. The van der Waals surface area contributed by atoms with Gasteiger partial charge < -0.3 is 14.2 Å². The first kappa shape index (κ1) is 15.5. The highest BCUT2D eigenvalue weighted by molar-refractivity contribution is 6.11. The van der Waals surface area contributed by atoms with Crippen molar-refractivity contribution in [2.75, 3.05) is 13.2 Å². The molecule has 0 N–H and O–H groups in total. The summed E-state index contributed by atoms with van der Waals surface area (Å²) >= 11 is 0. The van der Waals surface area contributed by atoms with E-state index in [2.05, 4.69) is 11.3 Å². The van der Waals surface area contributed by atoms with Crippen molar-refractivity contribution >= 4 is 23.8 Å². The van der Waals surface area contributed by atoms with Crippen LogP contribution in [0.15, 0.2) is 41.2 Å². The van der Waals surface area contributed by atoms with E-state index in [-0.39, 0.29) is 35.7 Å². The number of carbonyl (C=O) groups excluding carboxylic acids is 4. The Morgan fingerprint density at radius 3 is 2.73 bits per heavy atom. The van der Waals surface area contributed by atoms with Crippen molar-refractivity contribution in [1.82, 2.24) is 0 Å². The van der Waals surface area contributed by atoms with E-state index in [1.807, 2.05) is 0 Å². The normalized spacial score (nSPS) is 19.5. The van der Waals surface area contributed by atoms with E-state index >= 15 is 0 Å². The lowest BCUT2D eigenvalue weighted by Gasteiger charge is -2.17. The molecule has 0 aromatic heterocycles. The molecule has 1 aliphatic carbocycles. The zero-order valence-corrected chi connectivity index (χ0v) is 11.7. The molecule has 22 heavy (non-hydrogen) atoms. The maximum absolute atomic E-state index is 11.6. The van der Waals surface area contributed by atoms with Crippen LogP contribution >= 0.6 is 0 Å². The number of hydrogen-bond donors (Lipinski definition) is 0. The Kier molecular flexibility index (Phi) is 4.39. The monoisotopic (exact) mass is 304 g/mol. The van der Waals surface area contributed by atoms with Crippen molar-refractivity contribution < 1.29 is 33.4 Å². The average Bonchev–Trinajstić information content (AvgIpc) is 2.77. The van der Waals surface area contributed by atoms with Crippen LogP contribution in [-0.2, 0) is 33.4 Å². The molecule has 0 aromatic rings. The van der Waals surface area contributed by atoms with Crippen LogP contribution in [0.1, 0.15) is 6.92 Å². The Hall–Kier alpha value is -2.92. The maximum Gasteiger partial charge on any atom is 0.342 e. The van der Waals surface area contributed by atoms with Crippen molar-refractivity contribution in [3.05, 3.63) is 41.2 Å². The lowest BCUT2D eigenvalue weighted by Crippen LogP contribution is -2.19. The first-order valence-corrected chi connectivity index (χ1v) is 6.34. The van der Waals surface area contributed by atoms with Crippen LogP contribution in [0.25, 0.3) is 0 Å². The summed E-state index contributed by atoms with van der Waals surface area (Å²) in [5, 5.41) is 0. The molecule has 0 bridgehead atoms. The molecule has 2 aliphatic rings. The van der Waals surface area contributed by atoms with E-state index in [9.17, 15) is 19.2 Å². The van der Waals surface area contributed by atoms with Gasteiger partial charge in [0, 0.05) is 5.57 Å². The van der Waals surface area contributed by atoms with E-state index < -0.39 is 23.8 Å². The molecule has 1 unspecified atom stereocenters. The Morgan fingerprint density at radius 2 is 2.09 bits per heavy atom. The van der Waals surface area contributed by atoms with Crippen LogP contribution in [0.2, 0.25) is 0 Å². The summed E-state index contributed by atoms with van der Waals surface area (Å²) in [5.74, 6) is -1.60. The topological polar surface area (TPSA) is 96.0 Å². The zero-order chi connectivity index (χ0) is 16.3. The number of fused-ring (bicyclic) bond motifs is 1. The molecule has 7 nitrogen and oxygen atoms in total. The molecule has 0 amide bonds. The summed E-state index contributed by atoms with van der Waals surface area (Å²) in [7, 11) is 0. The summed E-state index contributed by atoms with van der Waals surface area (Å²) in [4.78, 5) is 45.2. The quantitative estimate of drug-likeness (QED) is 0.238. The maximum atomic E-state index is 11.6. The average molecular weight is 304 g/mol. The predicted octanol–water partition coefficient (Wildman–Crippen LogP) is 0.404. The first-order valence-electron chi connectivity index (χ1n) is 6.34. The molecule has 0 aromatic carbocycles. The van der Waals surface area contributed by atoms with Gasteiger partial charge in [-0.3, -0.25) is 4.79 Å². The highest BCUT2D eigenvalue weighted by Crippen LogP contribution is 2.35. The molecule has 2 rings (SSSR count). The Morgan fingerprint density at radius 1 is 1.36 bits per heavy atom. The minimum Gasteiger partial charge on any atom is -0.489 e. The molecular weight excluding hydrogens is 292 g/mol. The van der Waals surface area contributed by atoms with Gasteiger partial charge in [0.15, 0.2) is 0 Å². The minimum absolute atomic E-state index is 0.0328. The fourth-order valence-corrected chi connectivity index (χ4v) is 1.93. The van der Waals surface area contributed by atoms with Gasteiger partial charge >= 0.3 is 17.9 Å². The summed E-state index contributed by atoms with van der Waals surface area (Å²) in [6.45, 7) is 4.85. The highest BCUT2D eigenvalue weighted by Gasteiger charge is 2.45. The van der Waals surface area contributed by atoms with E-state index in [1.165, 1.54) is 19.1 Å². The van der Waals surface area contributed by atoms with Gasteiger partial charge in [0.25, 0.3) is 0 Å². The third kappa shape index (κ3) is 2.89. The molecule has 1 atom stereocenters. The van der Waals surface area contributed by atoms with Crippen molar-refractivity contribution in [2.45, 2.75) is 6.92 Å².